The van der Waals surface area contributed by atoms with Gasteiger partial charge in [-0.25, -0.2) is 9.78 Å². The van der Waals surface area contributed by atoms with Gasteiger partial charge in [-0.3, -0.25) is 14.5 Å². The minimum absolute atomic E-state index is 0.139. The number of pyridine rings is 1. The lowest BCUT2D eigenvalue weighted by Gasteiger charge is -2.32. The Labute approximate surface area is 224 Å². The Morgan fingerprint density at radius 1 is 1.18 bits per heavy atom. The number of aromatic nitrogens is 1. The van der Waals surface area contributed by atoms with Gasteiger partial charge >= 0.3 is 6.03 Å². The van der Waals surface area contributed by atoms with E-state index in [1.54, 1.807) is 22.1 Å². The predicted octanol–water partition coefficient (Wildman–Crippen LogP) is 5.21. The van der Waals surface area contributed by atoms with Crippen molar-refractivity contribution < 1.29 is 19.1 Å². The van der Waals surface area contributed by atoms with E-state index < -0.39 is 0 Å². The lowest BCUT2D eigenvalue weighted by molar-refractivity contribution is -0.127. The van der Waals surface area contributed by atoms with Crippen molar-refractivity contribution in [3.8, 4) is 5.75 Å². The van der Waals surface area contributed by atoms with Crippen molar-refractivity contribution >= 4 is 56.5 Å². The van der Waals surface area contributed by atoms with Gasteiger partial charge in [-0.2, -0.15) is 0 Å². The highest BCUT2D eigenvalue weighted by molar-refractivity contribution is 7.21. The monoisotopic (exact) mass is 531 g/mol. The van der Waals surface area contributed by atoms with Gasteiger partial charge in [0.25, 0.3) is 5.91 Å². The molecule has 0 bridgehead atoms. The second kappa shape index (κ2) is 10.1. The summed E-state index contributed by atoms with van der Waals surface area (Å²) in [5.74, 6) is 0.313. The van der Waals surface area contributed by atoms with Crippen LogP contribution in [0, 0.1) is 0 Å². The summed E-state index contributed by atoms with van der Waals surface area (Å²) in [4.78, 5) is 47.7. The average Bonchev–Trinajstić information content (AvgIpc) is 3.57. The standard InChI is InChI=1S/C28H29N5O4S/c1-2-22(34)32-14-6-7-17(16-32)30-26(35)25-24-23-21(12-13-29-27(23)38-25)33(28(36)31-24)18-8-5-11-20(15-18)37-19-9-3-4-10-19/h2,5,8,11-13,15,17,19H,1,3-4,6-7,9-10,14,16H2,(H,30,35)(H,31,36). The molecule has 1 saturated heterocycles. The molecule has 1 aliphatic carbocycles. The summed E-state index contributed by atoms with van der Waals surface area (Å²) in [6, 6.07) is 8.83. The quantitative estimate of drug-likeness (QED) is 0.425. The van der Waals surface area contributed by atoms with Gasteiger partial charge in [0.05, 0.1) is 28.6 Å². The van der Waals surface area contributed by atoms with E-state index in [0.29, 0.717) is 39.9 Å². The van der Waals surface area contributed by atoms with Gasteiger partial charge in [-0.05, 0) is 62.8 Å². The molecule has 0 radical (unpaired) electrons. The number of carbonyl (C=O) groups is 3. The summed E-state index contributed by atoms with van der Waals surface area (Å²) in [5.41, 5.74) is 1.82. The number of likely N-dealkylation sites (tertiary alicyclic amines) is 1. The Balaban J connectivity index is 1.29. The maximum Gasteiger partial charge on any atom is 0.331 e. The van der Waals surface area contributed by atoms with Gasteiger partial charge in [-0.15, -0.1) is 11.3 Å². The molecule has 6 rings (SSSR count). The Morgan fingerprint density at radius 3 is 2.84 bits per heavy atom. The Hall–Kier alpha value is -3.92. The topological polar surface area (TPSA) is 104 Å². The summed E-state index contributed by atoms with van der Waals surface area (Å²) in [6.07, 6.45) is 9.19. The molecule has 2 aliphatic heterocycles. The SMILES string of the molecule is C=CC(=O)N1CCCC(NC(=O)c2sc3nccc4c3c2NC(=O)N4c2cccc(OC3CCCC3)c2)C1. The normalized spacial score (nSPS) is 19.4. The van der Waals surface area contributed by atoms with Gasteiger partial charge in [-0.1, -0.05) is 12.6 Å². The molecule has 0 spiro atoms. The molecule has 3 aromatic rings. The molecule has 10 heteroatoms. The van der Waals surface area contributed by atoms with Crippen molar-refractivity contribution in [2.45, 2.75) is 50.7 Å². The summed E-state index contributed by atoms with van der Waals surface area (Å²) < 4.78 is 6.17. The number of hydrogen-bond acceptors (Lipinski definition) is 6. The van der Waals surface area contributed by atoms with E-state index in [1.165, 1.54) is 30.3 Å². The highest BCUT2D eigenvalue weighted by Gasteiger charge is 2.34. The van der Waals surface area contributed by atoms with E-state index in [-0.39, 0.29) is 30.0 Å². The highest BCUT2D eigenvalue weighted by atomic mass is 32.1. The molecule has 3 aliphatic rings. The van der Waals surface area contributed by atoms with E-state index in [4.69, 9.17) is 4.74 Å². The van der Waals surface area contributed by atoms with Crippen LogP contribution in [-0.2, 0) is 4.79 Å². The van der Waals surface area contributed by atoms with Crippen LogP contribution in [0.5, 0.6) is 5.75 Å². The first kappa shape index (κ1) is 24.4. The van der Waals surface area contributed by atoms with Crippen LogP contribution < -0.4 is 20.3 Å². The molecule has 2 N–H and O–H groups in total. The first-order chi connectivity index (χ1) is 18.5. The largest absolute Gasteiger partial charge is 0.490 e. The molecule has 1 atom stereocenters. The zero-order valence-corrected chi connectivity index (χ0v) is 21.8. The number of ether oxygens (including phenoxy) is 1. The fourth-order valence-corrected chi connectivity index (χ4v) is 6.59. The van der Waals surface area contributed by atoms with Gasteiger partial charge in [0, 0.05) is 31.4 Å². The van der Waals surface area contributed by atoms with E-state index in [2.05, 4.69) is 22.2 Å². The van der Waals surface area contributed by atoms with Crippen LogP contribution in [0.25, 0.3) is 10.2 Å². The van der Waals surface area contributed by atoms with E-state index in [9.17, 15) is 14.4 Å². The van der Waals surface area contributed by atoms with Crippen molar-refractivity contribution in [2.24, 2.45) is 0 Å². The van der Waals surface area contributed by atoms with Crippen LogP contribution in [0.3, 0.4) is 0 Å². The minimum Gasteiger partial charge on any atom is -0.490 e. The van der Waals surface area contributed by atoms with Crippen LogP contribution in [0.2, 0.25) is 0 Å². The van der Waals surface area contributed by atoms with Crippen molar-refractivity contribution in [1.29, 1.82) is 0 Å². The zero-order valence-electron chi connectivity index (χ0n) is 20.9. The zero-order chi connectivity index (χ0) is 26.2. The second-order valence-corrected chi connectivity index (χ2v) is 10.9. The Kier molecular flexibility index (Phi) is 6.49. The number of nitrogens with one attached hydrogen (secondary N) is 2. The Morgan fingerprint density at radius 2 is 2.03 bits per heavy atom. The summed E-state index contributed by atoms with van der Waals surface area (Å²) in [6.45, 7) is 4.64. The van der Waals surface area contributed by atoms with Gasteiger partial charge in [0.1, 0.15) is 15.5 Å². The molecular formula is C28H29N5O4S. The first-order valence-corrected chi connectivity index (χ1v) is 13.8. The number of benzene rings is 1. The number of hydrogen-bond donors (Lipinski definition) is 2. The maximum absolute atomic E-state index is 13.4. The van der Waals surface area contributed by atoms with E-state index in [1.807, 2.05) is 24.3 Å². The molecule has 2 fully saturated rings. The molecule has 4 amide bonds. The Bertz CT molecular complexity index is 1430. The van der Waals surface area contributed by atoms with Crippen LogP contribution in [0.1, 0.15) is 48.2 Å². The second-order valence-electron chi connectivity index (χ2n) is 9.90. The number of piperidine rings is 1. The van der Waals surface area contributed by atoms with Crippen molar-refractivity contribution in [3.05, 3.63) is 54.1 Å². The third kappa shape index (κ3) is 4.49. The molecule has 4 heterocycles. The maximum atomic E-state index is 13.4. The molecule has 38 heavy (non-hydrogen) atoms. The molecule has 2 aromatic heterocycles. The predicted molar refractivity (Wildman–Crippen MR) is 147 cm³/mol. The number of anilines is 3. The lowest BCUT2D eigenvalue weighted by Crippen LogP contribution is -2.49. The molecule has 9 nitrogen and oxygen atoms in total. The van der Waals surface area contributed by atoms with Crippen molar-refractivity contribution in [2.75, 3.05) is 23.3 Å². The smallest absolute Gasteiger partial charge is 0.331 e. The van der Waals surface area contributed by atoms with E-state index in [0.717, 1.165) is 36.8 Å². The molecule has 1 unspecified atom stereocenters. The van der Waals surface area contributed by atoms with Crippen LogP contribution in [0.15, 0.2) is 49.2 Å². The number of thiophene rings is 1. The van der Waals surface area contributed by atoms with Crippen LogP contribution >= 0.6 is 11.3 Å². The minimum atomic E-state index is -0.351. The van der Waals surface area contributed by atoms with Gasteiger partial charge < -0.3 is 20.3 Å². The third-order valence-electron chi connectivity index (χ3n) is 7.38. The number of nitrogens with zero attached hydrogens (tertiary/aromatic N) is 3. The molecule has 1 aromatic carbocycles. The van der Waals surface area contributed by atoms with Gasteiger partial charge in [0.15, 0.2) is 0 Å². The fraction of sp³-hybridized carbons (Fsp3) is 0.357. The van der Waals surface area contributed by atoms with E-state index >= 15 is 0 Å². The number of rotatable bonds is 6. The summed E-state index contributed by atoms with van der Waals surface area (Å²) >= 11 is 1.25. The van der Waals surface area contributed by atoms with Crippen LogP contribution in [0.4, 0.5) is 21.9 Å². The average molecular weight is 532 g/mol. The van der Waals surface area contributed by atoms with Crippen molar-refractivity contribution in [1.82, 2.24) is 15.2 Å². The molecular weight excluding hydrogens is 502 g/mol. The fourth-order valence-electron chi connectivity index (χ4n) is 5.57. The number of urea groups is 1. The molecule has 1 saturated carbocycles. The number of carbonyl (C=O) groups excluding carboxylic acids is 3. The van der Waals surface area contributed by atoms with Crippen molar-refractivity contribution in [3.63, 3.8) is 0 Å². The summed E-state index contributed by atoms with van der Waals surface area (Å²) in [5, 5.41) is 6.74. The summed E-state index contributed by atoms with van der Waals surface area (Å²) in [7, 11) is 0. The first-order valence-electron chi connectivity index (χ1n) is 13.0. The highest BCUT2D eigenvalue weighted by Crippen LogP contribution is 2.46. The number of amides is 4. The van der Waals surface area contributed by atoms with Gasteiger partial charge in [0.2, 0.25) is 5.91 Å². The molecule has 196 valence electrons. The van der Waals surface area contributed by atoms with Crippen LogP contribution in [-0.4, -0.2) is 53.0 Å². The lowest BCUT2D eigenvalue weighted by atomic mass is 10.1. The third-order valence-corrected chi connectivity index (χ3v) is 8.47.